The first-order chi connectivity index (χ1) is 17.6. The van der Waals surface area contributed by atoms with Crippen LogP contribution in [0.2, 0.25) is 5.02 Å². The van der Waals surface area contributed by atoms with Gasteiger partial charge in [0, 0.05) is 13.1 Å². The predicted molar refractivity (Wildman–Crippen MR) is 142 cm³/mol. The lowest BCUT2D eigenvalue weighted by Crippen LogP contribution is -2.51. The number of rotatable bonds is 11. The Bertz CT molecular complexity index is 1320. The van der Waals surface area contributed by atoms with E-state index in [4.69, 9.17) is 11.6 Å². The molecule has 0 aliphatic carbocycles. The monoisotopic (exact) mass is 545 g/mol. The topological polar surface area (TPSA) is 86.8 Å². The molecule has 196 valence electrons. The molecule has 0 radical (unpaired) electrons. The molecule has 0 spiro atoms. The summed E-state index contributed by atoms with van der Waals surface area (Å²) in [5.74, 6) is -1.44. The fourth-order valence-corrected chi connectivity index (χ4v) is 5.39. The van der Waals surface area contributed by atoms with Crippen LogP contribution < -0.4 is 9.62 Å². The van der Waals surface area contributed by atoms with Crippen LogP contribution in [0.1, 0.15) is 25.8 Å². The second-order valence-electron chi connectivity index (χ2n) is 8.39. The van der Waals surface area contributed by atoms with Gasteiger partial charge in [0.1, 0.15) is 18.4 Å². The largest absolute Gasteiger partial charge is 0.354 e. The second-order valence-corrected chi connectivity index (χ2v) is 10.7. The molecule has 0 heterocycles. The molecular formula is C27H29ClFN3O4S. The summed E-state index contributed by atoms with van der Waals surface area (Å²) in [6.45, 7) is 3.27. The summed E-state index contributed by atoms with van der Waals surface area (Å²) in [6, 6.07) is 18.7. The van der Waals surface area contributed by atoms with E-state index in [2.05, 4.69) is 5.32 Å². The number of hydrogen-bond acceptors (Lipinski definition) is 4. The normalized spacial score (nSPS) is 12.0. The number of nitrogens with zero attached hydrogens (tertiary/aromatic N) is 2. The Morgan fingerprint density at radius 2 is 1.59 bits per heavy atom. The zero-order chi connectivity index (χ0) is 27.0. The number of sulfonamides is 1. The molecule has 0 bridgehead atoms. The van der Waals surface area contributed by atoms with E-state index in [-0.39, 0.29) is 28.1 Å². The molecule has 3 rings (SSSR count). The highest BCUT2D eigenvalue weighted by Crippen LogP contribution is 2.30. The van der Waals surface area contributed by atoms with Crippen LogP contribution in [0.15, 0.2) is 83.8 Å². The van der Waals surface area contributed by atoms with E-state index in [1.165, 1.54) is 53.4 Å². The van der Waals surface area contributed by atoms with E-state index >= 15 is 0 Å². The SMILES string of the molecule is CCCNC(=O)[C@@H](C)N(Cc1ccc(F)cc1)C(=O)CN(c1ccccc1Cl)S(=O)(=O)c1ccccc1. The number of carbonyl (C=O) groups is 2. The predicted octanol–water partition coefficient (Wildman–Crippen LogP) is 4.62. The highest BCUT2D eigenvalue weighted by Gasteiger charge is 2.33. The third-order valence-electron chi connectivity index (χ3n) is 5.71. The lowest BCUT2D eigenvalue weighted by Gasteiger charge is -2.32. The van der Waals surface area contributed by atoms with Crippen LogP contribution in [0.4, 0.5) is 10.1 Å². The number of anilines is 1. The van der Waals surface area contributed by atoms with Crippen molar-refractivity contribution in [2.75, 3.05) is 17.4 Å². The number of amides is 2. The van der Waals surface area contributed by atoms with Gasteiger partial charge >= 0.3 is 0 Å². The first kappa shape index (κ1) is 28.1. The van der Waals surface area contributed by atoms with E-state index in [1.54, 1.807) is 37.3 Å². The summed E-state index contributed by atoms with van der Waals surface area (Å²) in [5.41, 5.74) is 0.714. The number of para-hydroxylation sites is 1. The molecule has 37 heavy (non-hydrogen) atoms. The molecule has 0 saturated heterocycles. The van der Waals surface area contributed by atoms with Gasteiger partial charge in [0.15, 0.2) is 0 Å². The maximum atomic E-state index is 13.7. The van der Waals surface area contributed by atoms with E-state index in [1.807, 2.05) is 6.92 Å². The molecule has 0 fully saturated rings. The average Bonchev–Trinajstić information content (AvgIpc) is 2.90. The maximum Gasteiger partial charge on any atom is 0.264 e. The molecule has 0 unspecified atom stereocenters. The minimum atomic E-state index is -4.19. The Hall–Kier alpha value is -3.43. The molecule has 7 nitrogen and oxygen atoms in total. The van der Waals surface area contributed by atoms with Crippen molar-refractivity contribution in [2.45, 2.75) is 37.8 Å². The summed E-state index contributed by atoms with van der Waals surface area (Å²) >= 11 is 6.36. The number of benzene rings is 3. The van der Waals surface area contributed by atoms with Gasteiger partial charge in [0.05, 0.1) is 15.6 Å². The van der Waals surface area contributed by atoms with Gasteiger partial charge < -0.3 is 10.2 Å². The van der Waals surface area contributed by atoms with Crippen LogP contribution >= 0.6 is 11.6 Å². The Labute approximate surface area is 221 Å². The Kier molecular flexibility index (Phi) is 9.66. The first-order valence-corrected chi connectivity index (χ1v) is 13.6. The van der Waals surface area contributed by atoms with Crippen molar-refractivity contribution >= 4 is 39.1 Å². The third kappa shape index (κ3) is 7.08. The highest BCUT2D eigenvalue weighted by atomic mass is 35.5. The first-order valence-electron chi connectivity index (χ1n) is 11.8. The fraction of sp³-hybridized carbons (Fsp3) is 0.259. The molecule has 10 heteroatoms. The molecule has 1 N–H and O–H groups in total. The molecule has 0 aliphatic heterocycles. The Morgan fingerprint density at radius 1 is 0.973 bits per heavy atom. The second kappa shape index (κ2) is 12.7. The van der Waals surface area contributed by atoms with Gasteiger partial charge in [-0.2, -0.15) is 0 Å². The van der Waals surface area contributed by atoms with Crippen LogP contribution in [0.25, 0.3) is 0 Å². The molecule has 0 aliphatic rings. The van der Waals surface area contributed by atoms with Crippen molar-refractivity contribution in [3.05, 3.63) is 95.3 Å². The number of carbonyl (C=O) groups excluding carboxylic acids is 2. The van der Waals surface area contributed by atoms with Crippen molar-refractivity contribution in [3.63, 3.8) is 0 Å². The summed E-state index contributed by atoms with van der Waals surface area (Å²) < 4.78 is 41.7. The number of halogens is 2. The zero-order valence-electron chi connectivity index (χ0n) is 20.6. The van der Waals surface area contributed by atoms with Crippen molar-refractivity contribution < 1.29 is 22.4 Å². The maximum absolute atomic E-state index is 13.7. The van der Waals surface area contributed by atoms with Crippen LogP contribution in [0.3, 0.4) is 0 Å². The summed E-state index contributed by atoms with van der Waals surface area (Å²) in [6.07, 6.45) is 0.708. The molecule has 2 amide bonds. The lowest BCUT2D eigenvalue weighted by molar-refractivity contribution is -0.139. The molecule has 0 saturated carbocycles. The van der Waals surface area contributed by atoms with E-state index < -0.39 is 34.3 Å². The van der Waals surface area contributed by atoms with Crippen molar-refractivity contribution in [1.82, 2.24) is 10.2 Å². The van der Waals surface area contributed by atoms with Crippen molar-refractivity contribution in [1.29, 1.82) is 0 Å². The van der Waals surface area contributed by atoms with E-state index in [0.717, 1.165) is 4.31 Å². The van der Waals surface area contributed by atoms with Crippen LogP contribution in [0, 0.1) is 5.82 Å². The third-order valence-corrected chi connectivity index (χ3v) is 7.81. The molecule has 0 aromatic heterocycles. The molecule has 3 aromatic rings. The van der Waals surface area contributed by atoms with E-state index in [0.29, 0.717) is 18.5 Å². The van der Waals surface area contributed by atoms with Crippen molar-refractivity contribution in [2.24, 2.45) is 0 Å². The van der Waals surface area contributed by atoms with Gasteiger partial charge in [0.2, 0.25) is 11.8 Å². The van der Waals surface area contributed by atoms with Gasteiger partial charge in [-0.3, -0.25) is 13.9 Å². The lowest BCUT2D eigenvalue weighted by atomic mass is 10.1. The summed E-state index contributed by atoms with van der Waals surface area (Å²) in [7, 11) is -4.19. The summed E-state index contributed by atoms with van der Waals surface area (Å²) in [5, 5.41) is 2.91. The zero-order valence-corrected chi connectivity index (χ0v) is 22.2. The Morgan fingerprint density at radius 3 is 2.22 bits per heavy atom. The smallest absolute Gasteiger partial charge is 0.264 e. The molecule has 1 atom stereocenters. The van der Waals surface area contributed by atoms with Crippen LogP contribution in [-0.2, 0) is 26.2 Å². The Balaban J connectivity index is 2.01. The number of nitrogens with one attached hydrogen (secondary N) is 1. The van der Waals surface area contributed by atoms with Crippen LogP contribution in [0.5, 0.6) is 0 Å². The van der Waals surface area contributed by atoms with Gasteiger partial charge in [-0.15, -0.1) is 0 Å². The molecular weight excluding hydrogens is 517 g/mol. The number of hydrogen-bond donors (Lipinski definition) is 1. The van der Waals surface area contributed by atoms with Gasteiger partial charge in [-0.05, 0) is 55.3 Å². The molecule has 3 aromatic carbocycles. The van der Waals surface area contributed by atoms with E-state index in [9.17, 15) is 22.4 Å². The van der Waals surface area contributed by atoms with Gasteiger partial charge in [0.25, 0.3) is 10.0 Å². The fourth-order valence-electron chi connectivity index (χ4n) is 3.65. The highest BCUT2D eigenvalue weighted by molar-refractivity contribution is 7.92. The minimum absolute atomic E-state index is 0.0125. The van der Waals surface area contributed by atoms with Gasteiger partial charge in [-0.25, -0.2) is 12.8 Å². The van der Waals surface area contributed by atoms with Gasteiger partial charge in [-0.1, -0.05) is 61.0 Å². The minimum Gasteiger partial charge on any atom is -0.354 e. The quantitative estimate of drug-likeness (QED) is 0.381. The summed E-state index contributed by atoms with van der Waals surface area (Å²) in [4.78, 5) is 27.8. The standard InChI is InChI=1S/C27H29ClFN3O4S/c1-3-17-30-27(34)20(2)31(18-21-13-15-22(29)16-14-21)26(33)19-32(25-12-8-7-11-24(25)28)37(35,36)23-9-5-4-6-10-23/h4-16,20H,3,17-19H2,1-2H3,(H,30,34)/t20-/m1/s1. The van der Waals surface area contributed by atoms with Crippen molar-refractivity contribution in [3.8, 4) is 0 Å². The van der Waals surface area contributed by atoms with Crippen LogP contribution in [-0.4, -0.2) is 44.3 Å². The average molecular weight is 546 g/mol.